The summed E-state index contributed by atoms with van der Waals surface area (Å²) in [7, 11) is -3.46. The first kappa shape index (κ1) is 15.0. The Hall–Kier alpha value is -0.910. The molecule has 2 aliphatic rings. The Morgan fingerprint density at radius 1 is 1.00 bits per heavy atom. The van der Waals surface area contributed by atoms with Gasteiger partial charge in [0.2, 0.25) is 10.0 Å². The van der Waals surface area contributed by atoms with Gasteiger partial charge in [-0.2, -0.15) is 0 Å². The van der Waals surface area contributed by atoms with Crippen molar-refractivity contribution >= 4 is 10.0 Å². The molecule has 0 radical (unpaired) electrons. The molecule has 3 rings (SSSR count). The highest BCUT2D eigenvalue weighted by atomic mass is 32.2. The van der Waals surface area contributed by atoms with E-state index in [1.54, 1.807) is 6.07 Å². The van der Waals surface area contributed by atoms with Crippen LogP contribution in [0.3, 0.4) is 0 Å². The molecule has 0 aromatic heterocycles. The molecule has 4 nitrogen and oxygen atoms in total. The second-order valence-electron chi connectivity index (χ2n) is 6.31. The summed E-state index contributed by atoms with van der Waals surface area (Å²) in [5.41, 5.74) is 8.60. The van der Waals surface area contributed by atoms with E-state index in [1.807, 2.05) is 12.1 Å². The normalized spacial score (nSPS) is 26.3. The van der Waals surface area contributed by atoms with Gasteiger partial charge in [-0.05, 0) is 55.4 Å². The minimum atomic E-state index is -3.46. The fraction of sp³-hybridized carbons (Fsp3) is 0.625. The van der Waals surface area contributed by atoms with Crippen LogP contribution in [-0.2, 0) is 22.9 Å². The molecule has 1 fully saturated rings. The van der Waals surface area contributed by atoms with Gasteiger partial charge in [-0.1, -0.05) is 25.3 Å². The van der Waals surface area contributed by atoms with Crippen LogP contribution in [0.1, 0.15) is 49.7 Å². The fourth-order valence-electron chi connectivity index (χ4n) is 3.47. The van der Waals surface area contributed by atoms with E-state index in [9.17, 15) is 8.42 Å². The maximum Gasteiger partial charge on any atom is 0.240 e. The van der Waals surface area contributed by atoms with Crippen LogP contribution in [0.25, 0.3) is 0 Å². The highest BCUT2D eigenvalue weighted by molar-refractivity contribution is 7.89. The number of benzene rings is 1. The summed E-state index contributed by atoms with van der Waals surface area (Å²) in [6, 6.07) is 5.33. The Kier molecular flexibility index (Phi) is 4.33. The third-order valence-electron chi connectivity index (χ3n) is 4.76. The highest BCUT2D eigenvalue weighted by Crippen LogP contribution is 2.25. The van der Waals surface area contributed by atoms with Gasteiger partial charge in [0.25, 0.3) is 0 Å². The molecule has 0 heterocycles. The zero-order valence-electron chi connectivity index (χ0n) is 12.3. The minimum absolute atomic E-state index is 0.0725. The molecule has 1 aromatic carbocycles. The lowest BCUT2D eigenvalue weighted by molar-refractivity contribution is 0.456. The van der Waals surface area contributed by atoms with Crippen LogP contribution in [0.15, 0.2) is 23.1 Å². The largest absolute Gasteiger partial charge is 0.326 e. The van der Waals surface area contributed by atoms with Gasteiger partial charge >= 0.3 is 0 Å². The summed E-state index contributed by atoms with van der Waals surface area (Å²) in [6.45, 7) is 0. The number of hydrogen-bond donors (Lipinski definition) is 2. The number of rotatable bonds is 3. The van der Waals surface area contributed by atoms with Crippen LogP contribution in [-0.4, -0.2) is 20.5 Å². The molecule has 0 bridgehead atoms. The van der Waals surface area contributed by atoms with Gasteiger partial charge in [-0.25, -0.2) is 13.1 Å². The van der Waals surface area contributed by atoms with Crippen LogP contribution in [0, 0.1) is 0 Å². The number of sulfonamides is 1. The predicted octanol–water partition coefficient (Wildman–Crippen LogP) is 2.11. The van der Waals surface area contributed by atoms with Crippen molar-refractivity contribution in [3.8, 4) is 0 Å². The lowest BCUT2D eigenvalue weighted by Crippen LogP contribution is -2.46. The van der Waals surface area contributed by atoms with Gasteiger partial charge in [-0.15, -0.1) is 0 Å². The molecular weight excluding hydrogens is 284 g/mol. The van der Waals surface area contributed by atoms with E-state index < -0.39 is 10.0 Å². The van der Waals surface area contributed by atoms with E-state index in [4.69, 9.17) is 5.73 Å². The quantitative estimate of drug-likeness (QED) is 0.840. The third kappa shape index (κ3) is 3.30. The molecule has 116 valence electrons. The fourth-order valence-corrected chi connectivity index (χ4v) is 4.84. The summed E-state index contributed by atoms with van der Waals surface area (Å²) >= 11 is 0. The number of hydrogen-bond acceptors (Lipinski definition) is 3. The molecule has 21 heavy (non-hydrogen) atoms. The van der Waals surface area contributed by atoms with Crippen molar-refractivity contribution in [1.82, 2.24) is 4.72 Å². The maximum absolute atomic E-state index is 12.6. The van der Waals surface area contributed by atoms with E-state index in [-0.39, 0.29) is 12.1 Å². The zero-order valence-corrected chi connectivity index (χ0v) is 13.2. The van der Waals surface area contributed by atoms with Crippen LogP contribution < -0.4 is 10.5 Å². The number of aryl methyl sites for hydroxylation is 2. The first-order valence-corrected chi connectivity index (χ1v) is 9.44. The van der Waals surface area contributed by atoms with Crippen molar-refractivity contribution in [2.45, 2.75) is 68.3 Å². The second-order valence-corrected chi connectivity index (χ2v) is 8.03. The van der Waals surface area contributed by atoms with Gasteiger partial charge < -0.3 is 5.73 Å². The Bertz CT molecular complexity index is 613. The molecule has 1 aromatic rings. The van der Waals surface area contributed by atoms with Crippen molar-refractivity contribution in [2.24, 2.45) is 5.73 Å². The predicted molar refractivity (Wildman–Crippen MR) is 83.6 cm³/mol. The number of nitrogens with one attached hydrogen (secondary N) is 1. The Labute approximate surface area is 127 Å². The molecule has 2 atom stereocenters. The smallest absolute Gasteiger partial charge is 0.240 e. The lowest BCUT2D eigenvalue weighted by Gasteiger charge is -2.22. The summed E-state index contributed by atoms with van der Waals surface area (Å²) in [5, 5.41) is 0. The van der Waals surface area contributed by atoms with Crippen molar-refractivity contribution in [3.05, 3.63) is 29.3 Å². The average Bonchev–Trinajstić information content (AvgIpc) is 2.84. The maximum atomic E-state index is 12.6. The molecule has 5 heteroatoms. The van der Waals surface area contributed by atoms with Crippen LogP contribution in [0.5, 0.6) is 0 Å². The average molecular weight is 308 g/mol. The van der Waals surface area contributed by atoms with E-state index in [2.05, 4.69) is 4.72 Å². The molecule has 3 N–H and O–H groups in total. The van der Waals surface area contributed by atoms with Crippen molar-refractivity contribution in [2.75, 3.05) is 0 Å². The monoisotopic (exact) mass is 308 g/mol. The highest BCUT2D eigenvalue weighted by Gasteiger charge is 2.26. The van der Waals surface area contributed by atoms with E-state index in [0.29, 0.717) is 4.90 Å². The topological polar surface area (TPSA) is 72.2 Å². The van der Waals surface area contributed by atoms with E-state index in [0.717, 1.165) is 51.4 Å². The molecular formula is C16H24N2O2S. The summed E-state index contributed by atoms with van der Waals surface area (Å²) in [4.78, 5) is 0.389. The van der Waals surface area contributed by atoms with Crippen LogP contribution >= 0.6 is 0 Å². The molecule has 0 saturated heterocycles. The zero-order chi connectivity index (χ0) is 14.9. The number of fused-ring (bicyclic) bond motifs is 1. The SMILES string of the molecule is NC1CCCCCC1NS(=O)(=O)c1ccc2c(c1)CCC2. The lowest BCUT2D eigenvalue weighted by atomic mass is 10.1. The van der Waals surface area contributed by atoms with Gasteiger partial charge in [0.05, 0.1) is 4.90 Å². The first-order chi connectivity index (χ1) is 10.1. The summed E-state index contributed by atoms with van der Waals surface area (Å²) in [6.07, 6.45) is 8.20. The third-order valence-corrected chi connectivity index (χ3v) is 6.24. The standard InChI is InChI=1S/C16H24N2O2S/c17-15-7-2-1-3-8-16(15)18-21(19,20)14-10-9-12-5-4-6-13(12)11-14/h9-11,15-16,18H,1-8,17H2. The molecule has 0 aliphatic heterocycles. The van der Waals surface area contributed by atoms with Gasteiger partial charge in [0.1, 0.15) is 0 Å². The Balaban J connectivity index is 1.80. The van der Waals surface area contributed by atoms with E-state index >= 15 is 0 Å². The molecule has 0 amide bonds. The van der Waals surface area contributed by atoms with Crippen LogP contribution in [0.2, 0.25) is 0 Å². The molecule has 2 aliphatic carbocycles. The van der Waals surface area contributed by atoms with Gasteiger partial charge in [0, 0.05) is 12.1 Å². The second kappa shape index (κ2) is 6.07. The summed E-state index contributed by atoms with van der Waals surface area (Å²) in [5.74, 6) is 0. The van der Waals surface area contributed by atoms with Gasteiger partial charge in [-0.3, -0.25) is 0 Å². The van der Waals surface area contributed by atoms with Gasteiger partial charge in [0.15, 0.2) is 0 Å². The van der Waals surface area contributed by atoms with Crippen molar-refractivity contribution in [1.29, 1.82) is 0 Å². The molecule has 2 unspecified atom stereocenters. The van der Waals surface area contributed by atoms with Crippen molar-refractivity contribution < 1.29 is 8.42 Å². The van der Waals surface area contributed by atoms with Crippen molar-refractivity contribution in [3.63, 3.8) is 0 Å². The Morgan fingerprint density at radius 3 is 2.62 bits per heavy atom. The molecule has 1 saturated carbocycles. The van der Waals surface area contributed by atoms with E-state index in [1.165, 1.54) is 11.1 Å². The van der Waals surface area contributed by atoms with Crippen LogP contribution in [0.4, 0.5) is 0 Å². The molecule has 0 spiro atoms. The first-order valence-electron chi connectivity index (χ1n) is 7.96. The number of nitrogens with two attached hydrogens (primary N) is 1. The summed E-state index contributed by atoms with van der Waals surface area (Å²) < 4.78 is 28.0. The Morgan fingerprint density at radius 2 is 1.76 bits per heavy atom. The minimum Gasteiger partial charge on any atom is -0.326 e.